The first kappa shape index (κ1) is 19.9. The van der Waals surface area contributed by atoms with Crippen molar-refractivity contribution in [2.45, 2.75) is 27.7 Å². The van der Waals surface area contributed by atoms with Gasteiger partial charge < -0.3 is 15.0 Å². The molecule has 0 saturated carbocycles. The van der Waals surface area contributed by atoms with E-state index in [2.05, 4.69) is 5.32 Å². The van der Waals surface area contributed by atoms with Gasteiger partial charge in [0.2, 0.25) is 0 Å². The molecule has 148 valence electrons. The second-order valence-electron chi connectivity index (χ2n) is 7.64. The lowest BCUT2D eigenvalue weighted by molar-refractivity contribution is -0.154. The summed E-state index contributed by atoms with van der Waals surface area (Å²) in [5.74, 6) is -0.761. The third-order valence-corrected chi connectivity index (χ3v) is 4.91. The number of rotatable bonds is 5. The Kier molecular flexibility index (Phi) is 5.40. The minimum absolute atomic E-state index is 0.164. The minimum Gasteiger partial charge on any atom is -0.466 e. The second-order valence-corrected chi connectivity index (χ2v) is 7.64. The van der Waals surface area contributed by atoms with Crippen LogP contribution >= 0.6 is 0 Å². The van der Waals surface area contributed by atoms with Gasteiger partial charge in [0.15, 0.2) is 0 Å². The lowest BCUT2D eigenvalue weighted by atomic mass is 9.92. The van der Waals surface area contributed by atoms with Crippen LogP contribution in [0.3, 0.4) is 0 Å². The number of hydrogen-bond acceptors (Lipinski definition) is 4. The van der Waals surface area contributed by atoms with Crippen LogP contribution in [0.1, 0.15) is 36.7 Å². The number of carbonyl (C=O) groups excluding carboxylic acids is 2. The fourth-order valence-electron chi connectivity index (χ4n) is 3.33. The number of halogens is 1. The molecular weight excluding hydrogens is 359 g/mol. The van der Waals surface area contributed by atoms with Crippen LogP contribution in [-0.4, -0.2) is 36.6 Å². The zero-order valence-corrected chi connectivity index (χ0v) is 16.6. The highest BCUT2D eigenvalue weighted by Gasteiger charge is 2.35. The van der Waals surface area contributed by atoms with Crippen molar-refractivity contribution in [3.05, 3.63) is 53.3 Å². The summed E-state index contributed by atoms with van der Waals surface area (Å²) in [6.45, 7) is 7.82. The van der Waals surface area contributed by atoms with E-state index in [1.807, 2.05) is 6.07 Å². The van der Waals surface area contributed by atoms with Gasteiger partial charge in [-0.25, -0.2) is 4.39 Å². The molecule has 0 aromatic heterocycles. The highest BCUT2D eigenvalue weighted by atomic mass is 19.1. The molecule has 0 fully saturated rings. The molecule has 1 heterocycles. The molecule has 0 radical (unpaired) electrons. The van der Waals surface area contributed by atoms with E-state index in [0.717, 1.165) is 0 Å². The van der Waals surface area contributed by atoms with Gasteiger partial charge in [-0.1, -0.05) is 24.3 Å². The van der Waals surface area contributed by atoms with Gasteiger partial charge in [-0.3, -0.25) is 9.59 Å². The molecule has 0 aliphatic carbocycles. The third-order valence-electron chi connectivity index (χ3n) is 4.91. The molecule has 1 amide bonds. The van der Waals surface area contributed by atoms with Crippen molar-refractivity contribution < 1.29 is 18.7 Å². The predicted octanol–water partition coefficient (Wildman–Crippen LogP) is 4.22. The molecule has 2 aromatic rings. The van der Waals surface area contributed by atoms with E-state index in [9.17, 15) is 14.0 Å². The number of amides is 1. The maximum absolute atomic E-state index is 14.4. The standard InChI is InChI=1S/C22H25FN2O3/c1-5-28-21(27)22(3,4)12-25-13-24-18-11-15(9-10-17(18)20(25)26)16-8-6-7-14(2)19(16)23/h6-11,24H,5,12-13H2,1-4H3. The number of ether oxygens (including phenoxy) is 1. The molecule has 6 heteroatoms. The Morgan fingerprint density at radius 2 is 2.00 bits per heavy atom. The molecule has 0 saturated heterocycles. The van der Waals surface area contributed by atoms with Crippen molar-refractivity contribution in [2.24, 2.45) is 5.41 Å². The highest BCUT2D eigenvalue weighted by molar-refractivity contribution is 6.02. The molecule has 0 spiro atoms. The van der Waals surface area contributed by atoms with E-state index in [4.69, 9.17) is 4.74 Å². The van der Waals surface area contributed by atoms with Gasteiger partial charge in [0.05, 0.1) is 24.3 Å². The van der Waals surface area contributed by atoms with Crippen LogP contribution in [-0.2, 0) is 9.53 Å². The molecule has 2 aromatic carbocycles. The Bertz CT molecular complexity index is 924. The van der Waals surface area contributed by atoms with Crippen LogP contribution in [0.4, 0.5) is 10.1 Å². The molecule has 28 heavy (non-hydrogen) atoms. The van der Waals surface area contributed by atoms with Gasteiger partial charge in [-0.15, -0.1) is 0 Å². The average molecular weight is 384 g/mol. The Morgan fingerprint density at radius 3 is 2.71 bits per heavy atom. The fourth-order valence-corrected chi connectivity index (χ4v) is 3.33. The molecule has 0 bridgehead atoms. The summed E-state index contributed by atoms with van der Waals surface area (Å²) in [4.78, 5) is 26.6. The van der Waals surface area contributed by atoms with E-state index in [1.165, 1.54) is 0 Å². The van der Waals surface area contributed by atoms with E-state index in [0.29, 0.717) is 34.5 Å². The molecule has 1 aliphatic rings. The van der Waals surface area contributed by atoms with Gasteiger partial charge in [-0.2, -0.15) is 0 Å². The van der Waals surface area contributed by atoms with Gasteiger partial charge >= 0.3 is 5.97 Å². The van der Waals surface area contributed by atoms with Crippen molar-refractivity contribution in [3.63, 3.8) is 0 Å². The highest BCUT2D eigenvalue weighted by Crippen LogP contribution is 2.32. The number of benzene rings is 2. The van der Waals surface area contributed by atoms with E-state index >= 15 is 0 Å². The van der Waals surface area contributed by atoms with E-state index < -0.39 is 5.41 Å². The number of nitrogens with one attached hydrogen (secondary N) is 1. The maximum atomic E-state index is 14.4. The Labute approximate surface area is 164 Å². The first-order valence-electron chi connectivity index (χ1n) is 9.34. The smallest absolute Gasteiger partial charge is 0.313 e. The van der Waals surface area contributed by atoms with Gasteiger partial charge in [0.1, 0.15) is 5.82 Å². The molecule has 0 unspecified atom stereocenters. The number of fused-ring (bicyclic) bond motifs is 1. The topological polar surface area (TPSA) is 58.6 Å². The van der Waals surface area contributed by atoms with Crippen LogP contribution in [0.2, 0.25) is 0 Å². The van der Waals surface area contributed by atoms with Crippen LogP contribution in [0.15, 0.2) is 36.4 Å². The Morgan fingerprint density at radius 1 is 1.25 bits per heavy atom. The normalized spacial score (nSPS) is 13.8. The quantitative estimate of drug-likeness (QED) is 0.785. The summed E-state index contributed by atoms with van der Waals surface area (Å²) >= 11 is 0. The van der Waals surface area contributed by atoms with Gasteiger partial charge in [0, 0.05) is 17.8 Å². The van der Waals surface area contributed by atoms with Crippen molar-refractivity contribution in [1.29, 1.82) is 0 Å². The summed E-state index contributed by atoms with van der Waals surface area (Å²) in [5, 5.41) is 3.21. The number of carbonyl (C=O) groups is 2. The first-order valence-corrected chi connectivity index (χ1v) is 9.34. The summed E-state index contributed by atoms with van der Waals surface area (Å²) in [5.41, 5.74) is 2.14. The van der Waals surface area contributed by atoms with E-state index in [1.54, 1.807) is 62.9 Å². The van der Waals surface area contributed by atoms with Crippen molar-refractivity contribution in [3.8, 4) is 11.1 Å². The number of anilines is 1. The number of esters is 1. The van der Waals surface area contributed by atoms with Crippen LogP contribution in [0, 0.1) is 18.2 Å². The van der Waals surface area contributed by atoms with Gasteiger partial charge in [0.25, 0.3) is 5.91 Å². The molecule has 1 N–H and O–H groups in total. The SMILES string of the molecule is CCOC(=O)C(C)(C)CN1CNc2cc(-c3cccc(C)c3F)ccc2C1=O. The zero-order chi connectivity index (χ0) is 20.5. The molecular formula is C22H25FN2O3. The zero-order valence-electron chi connectivity index (χ0n) is 16.6. The largest absolute Gasteiger partial charge is 0.466 e. The van der Waals surface area contributed by atoms with Crippen LogP contribution < -0.4 is 5.32 Å². The first-order chi connectivity index (χ1) is 13.2. The predicted molar refractivity (Wildman–Crippen MR) is 107 cm³/mol. The van der Waals surface area contributed by atoms with Crippen LogP contribution in [0.25, 0.3) is 11.1 Å². The molecule has 0 atom stereocenters. The number of nitrogens with zero attached hydrogens (tertiary/aromatic N) is 1. The summed E-state index contributed by atoms with van der Waals surface area (Å²) < 4.78 is 19.5. The summed E-state index contributed by atoms with van der Waals surface area (Å²) in [7, 11) is 0. The monoisotopic (exact) mass is 384 g/mol. The molecule has 5 nitrogen and oxygen atoms in total. The fraction of sp³-hybridized carbons (Fsp3) is 0.364. The summed E-state index contributed by atoms with van der Waals surface area (Å²) in [6.07, 6.45) is 0. The van der Waals surface area contributed by atoms with Crippen LogP contribution in [0.5, 0.6) is 0 Å². The van der Waals surface area contributed by atoms with Crippen molar-refractivity contribution >= 4 is 17.6 Å². The van der Waals surface area contributed by atoms with Crippen molar-refractivity contribution in [1.82, 2.24) is 4.90 Å². The lowest BCUT2D eigenvalue weighted by Gasteiger charge is -2.35. The van der Waals surface area contributed by atoms with E-state index in [-0.39, 0.29) is 30.9 Å². The molecule has 1 aliphatic heterocycles. The average Bonchev–Trinajstić information content (AvgIpc) is 2.66. The maximum Gasteiger partial charge on any atom is 0.313 e. The number of hydrogen-bond donors (Lipinski definition) is 1. The molecule has 3 rings (SSSR count). The lowest BCUT2D eigenvalue weighted by Crippen LogP contribution is -2.47. The second kappa shape index (κ2) is 7.62. The minimum atomic E-state index is -0.810. The van der Waals surface area contributed by atoms with Crippen molar-refractivity contribution in [2.75, 3.05) is 25.1 Å². The Balaban J connectivity index is 1.84. The Hall–Kier alpha value is -2.89. The summed E-state index contributed by atoms with van der Waals surface area (Å²) in [6, 6.07) is 10.5. The number of aryl methyl sites for hydroxylation is 1. The van der Waals surface area contributed by atoms with Gasteiger partial charge in [-0.05, 0) is 51.0 Å². The third kappa shape index (κ3) is 3.72.